The molecule has 4 nitrogen and oxygen atoms in total. The van der Waals surface area contributed by atoms with Crippen LogP contribution >= 0.6 is 12.4 Å². The molecule has 0 spiro atoms. The molecule has 0 aliphatic carbocycles. The summed E-state index contributed by atoms with van der Waals surface area (Å²) in [6.45, 7) is 0. The predicted molar refractivity (Wildman–Crippen MR) is 54.6 cm³/mol. The molecule has 0 fully saturated rings. The van der Waals surface area contributed by atoms with Crippen molar-refractivity contribution in [1.29, 1.82) is 0 Å². The summed E-state index contributed by atoms with van der Waals surface area (Å²) in [6, 6.07) is 5.66. The Hall–Kier alpha value is -1.39. The van der Waals surface area contributed by atoms with Crippen molar-refractivity contribution < 1.29 is 0 Å². The first kappa shape index (κ1) is 9.70. The van der Waals surface area contributed by atoms with Gasteiger partial charge < -0.3 is 5.43 Å². The lowest BCUT2D eigenvalue weighted by molar-refractivity contribution is 1.22. The Labute approximate surface area is 81.6 Å². The van der Waals surface area contributed by atoms with Gasteiger partial charge in [0.05, 0.1) is 5.52 Å². The minimum atomic E-state index is 0. The molecule has 1 aromatic carbocycles. The smallest absolute Gasteiger partial charge is 0.116 e. The number of nitrogens with one attached hydrogen (secondary N) is 1. The van der Waals surface area contributed by atoms with Crippen LogP contribution in [-0.2, 0) is 0 Å². The Balaban J connectivity index is 0.000000845. The summed E-state index contributed by atoms with van der Waals surface area (Å²) in [5.74, 6) is 5.25. The number of benzene rings is 1. The van der Waals surface area contributed by atoms with Crippen molar-refractivity contribution in [3.05, 3.63) is 30.7 Å². The second-order valence-corrected chi connectivity index (χ2v) is 2.44. The maximum Gasteiger partial charge on any atom is 0.116 e. The topological polar surface area (TPSA) is 63.8 Å². The number of nitrogens with two attached hydrogens (primary N) is 1. The fourth-order valence-corrected chi connectivity index (χ4v) is 1.07. The molecule has 3 N–H and O–H groups in total. The number of aromatic nitrogens is 2. The van der Waals surface area contributed by atoms with E-state index in [0.717, 1.165) is 16.6 Å². The van der Waals surface area contributed by atoms with E-state index >= 15 is 0 Å². The van der Waals surface area contributed by atoms with Gasteiger partial charge in [0, 0.05) is 17.3 Å². The van der Waals surface area contributed by atoms with Crippen LogP contribution in [0, 0.1) is 0 Å². The fourth-order valence-electron chi connectivity index (χ4n) is 1.07. The van der Waals surface area contributed by atoms with Crippen molar-refractivity contribution in [1.82, 2.24) is 9.97 Å². The number of anilines is 1. The predicted octanol–water partition coefficient (Wildman–Crippen LogP) is 1.34. The normalized spacial score (nSPS) is 9.31. The number of hydrogen-bond acceptors (Lipinski definition) is 4. The van der Waals surface area contributed by atoms with Crippen LogP contribution in [0.2, 0.25) is 0 Å². The first-order valence-corrected chi connectivity index (χ1v) is 3.56. The molecule has 68 valence electrons. The number of halogens is 1. The van der Waals surface area contributed by atoms with Crippen molar-refractivity contribution in [2.75, 3.05) is 5.43 Å². The van der Waals surface area contributed by atoms with Gasteiger partial charge in [-0.25, -0.2) is 9.97 Å². The van der Waals surface area contributed by atoms with Crippen LogP contribution in [0.3, 0.4) is 0 Å². The summed E-state index contributed by atoms with van der Waals surface area (Å²) in [6.07, 6.45) is 3.28. The Morgan fingerprint density at radius 3 is 2.92 bits per heavy atom. The maximum atomic E-state index is 5.25. The summed E-state index contributed by atoms with van der Waals surface area (Å²) >= 11 is 0. The molecular weight excluding hydrogens is 188 g/mol. The second-order valence-electron chi connectivity index (χ2n) is 2.44. The SMILES string of the molecule is Cl.NNc1ccc2ncncc2c1. The van der Waals surface area contributed by atoms with E-state index in [1.165, 1.54) is 6.33 Å². The van der Waals surface area contributed by atoms with Crippen molar-refractivity contribution in [3.63, 3.8) is 0 Å². The van der Waals surface area contributed by atoms with E-state index in [-0.39, 0.29) is 12.4 Å². The molecule has 5 heteroatoms. The molecule has 0 saturated carbocycles. The molecule has 13 heavy (non-hydrogen) atoms. The minimum Gasteiger partial charge on any atom is -0.324 e. The Kier molecular flexibility index (Phi) is 3.00. The van der Waals surface area contributed by atoms with Gasteiger partial charge in [0.15, 0.2) is 0 Å². The van der Waals surface area contributed by atoms with Gasteiger partial charge in [-0.15, -0.1) is 12.4 Å². The number of hydrazine groups is 1. The quantitative estimate of drug-likeness (QED) is 0.534. The van der Waals surface area contributed by atoms with Crippen LogP contribution in [0.4, 0.5) is 5.69 Å². The maximum absolute atomic E-state index is 5.25. The van der Waals surface area contributed by atoms with Gasteiger partial charge in [-0.3, -0.25) is 5.84 Å². The van der Waals surface area contributed by atoms with Crippen LogP contribution in [0.1, 0.15) is 0 Å². The van der Waals surface area contributed by atoms with Crippen molar-refractivity contribution in [3.8, 4) is 0 Å². The van der Waals surface area contributed by atoms with E-state index in [4.69, 9.17) is 5.84 Å². The lowest BCUT2D eigenvalue weighted by Gasteiger charge is -2.00. The number of nitrogens with zero attached hydrogens (tertiary/aromatic N) is 2. The molecule has 0 unspecified atom stereocenters. The van der Waals surface area contributed by atoms with E-state index in [0.29, 0.717) is 0 Å². The molecule has 2 aromatic rings. The number of nitrogen functional groups attached to an aromatic ring is 1. The molecule has 2 rings (SSSR count). The molecule has 0 radical (unpaired) electrons. The van der Waals surface area contributed by atoms with Crippen LogP contribution < -0.4 is 11.3 Å². The summed E-state index contributed by atoms with van der Waals surface area (Å²) < 4.78 is 0. The van der Waals surface area contributed by atoms with E-state index in [9.17, 15) is 0 Å². The molecule has 0 saturated heterocycles. The number of fused-ring (bicyclic) bond motifs is 1. The number of rotatable bonds is 1. The first-order valence-electron chi connectivity index (χ1n) is 3.56. The molecule has 0 aliphatic rings. The minimum absolute atomic E-state index is 0. The van der Waals surface area contributed by atoms with Crippen LogP contribution in [-0.4, -0.2) is 9.97 Å². The first-order chi connectivity index (χ1) is 5.90. The summed E-state index contributed by atoms with van der Waals surface area (Å²) in [7, 11) is 0. The van der Waals surface area contributed by atoms with Crippen molar-refractivity contribution in [2.45, 2.75) is 0 Å². The summed E-state index contributed by atoms with van der Waals surface area (Å²) in [4.78, 5) is 7.99. The average Bonchev–Trinajstić information content (AvgIpc) is 2.17. The van der Waals surface area contributed by atoms with E-state index in [2.05, 4.69) is 15.4 Å². The number of hydrogen-bond donors (Lipinski definition) is 2. The van der Waals surface area contributed by atoms with Crippen molar-refractivity contribution in [2.24, 2.45) is 5.84 Å². The largest absolute Gasteiger partial charge is 0.324 e. The molecular formula is C8H9ClN4. The zero-order valence-corrected chi connectivity index (χ0v) is 7.58. The summed E-state index contributed by atoms with van der Waals surface area (Å²) in [5, 5.41) is 0.980. The van der Waals surface area contributed by atoms with Gasteiger partial charge >= 0.3 is 0 Å². The monoisotopic (exact) mass is 196 g/mol. The van der Waals surface area contributed by atoms with Crippen LogP contribution in [0.25, 0.3) is 10.9 Å². The highest BCUT2D eigenvalue weighted by Gasteiger charge is 1.94. The van der Waals surface area contributed by atoms with Gasteiger partial charge in [-0.2, -0.15) is 0 Å². The summed E-state index contributed by atoms with van der Waals surface area (Å²) in [5.41, 5.74) is 4.34. The van der Waals surface area contributed by atoms with Crippen LogP contribution in [0.15, 0.2) is 30.7 Å². The molecule has 1 heterocycles. The van der Waals surface area contributed by atoms with Gasteiger partial charge in [-0.05, 0) is 18.2 Å². The molecule has 1 aromatic heterocycles. The molecule has 0 bridgehead atoms. The van der Waals surface area contributed by atoms with Crippen molar-refractivity contribution >= 4 is 29.0 Å². The highest BCUT2D eigenvalue weighted by Crippen LogP contribution is 2.14. The molecule has 0 aliphatic heterocycles. The van der Waals surface area contributed by atoms with Crippen LogP contribution in [0.5, 0.6) is 0 Å². The van der Waals surface area contributed by atoms with Gasteiger partial charge in [0.2, 0.25) is 0 Å². The standard InChI is InChI=1S/C8H8N4.ClH/c9-12-7-1-2-8-6(3-7)4-10-5-11-8;/h1-5,12H,9H2;1H. The van der Waals surface area contributed by atoms with Gasteiger partial charge in [-0.1, -0.05) is 0 Å². The Morgan fingerprint density at radius 1 is 1.31 bits per heavy atom. The lowest BCUT2D eigenvalue weighted by Crippen LogP contribution is -2.06. The highest BCUT2D eigenvalue weighted by molar-refractivity contribution is 5.85. The lowest BCUT2D eigenvalue weighted by atomic mass is 10.2. The van der Waals surface area contributed by atoms with Gasteiger partial charge in [0.25, 0.3) is 0 Å². The highest BCUT2D eigenvalue weighted by atomic mass is 35.5. The van der Waals surface area contributed by atoms with E-state index in [1.807, 2.05) is 18.2 Å². The fraction of sp³-hybridized carbons (Fsp3) is 0. The van der Waals surface area contributed by atoms with Gasteiger partial charge in [0.1, 0.15) is 6.33 Å². The zero-order chi connectivity index (χ0) is 8.39. The Bertz CT molecular complexity index is 404. The average molecular weight is 197 g/mol. The molecule has 0 amide bonds. The molecule has 0 atom stereocenters. The zero-order valence-electron chi connectivity index (χ0n) is 6.77. The van der Waals surface area contributed by atoms with E-state index in [1.54, 1.807) is 6.20 Å². The third-order valence-corrected chi connectivity index (χ3v) is 1.67. The Morgan fingerprint density at radius 2 is 2.15 bits per heavy atom. The third kappa shape index (κ3) is 1.85. The second kappa shape index (κ2) is 4.02. The third-order valence-electron chi connectivity index (χ3n) is 1.67. The van der Waals surface area contributed by atoms with E-state index < -0.39 is 0 Å².